The average Bonchev–Trinajstić information content (AvgIpc) is 3.61. The number of nitro benzene ring substituents is 1. The molecule has 4 aliphatic rings. The van der Waals surface area contributed by atoms with Crippen LogP contribution in [0.4, 0.5) is 11.4 Å². The van der Waals surface area contributed by atoms with Crippen molar-refractivity contribution in [3.05, 3.63) is 99.2 Å². The van der Waals surface area contributed by atoms with E-state index in [9.17, 15) is 24.5 Å². The van der Waals surface area contributed by atoms with Crippen LogP contribution in [-0.2, 0) is 9.59 Å². The van der Waals surface area contributed by atoms with E-state index in [1.165, 1.54) is 18.2 Å². The topological polar surface area (TPSA) is 119 Å². The van der Waals surface area contributed by atoms with Gasteiger partial charge in [-0.25, -0.2) is 4.90 Å². The molecule has 0 unspecified atom stereocenters. The Balaban J connectivity index is 1.35. The Morgan fingerprint density at radius 3 is 2.54 bits per heavy atom. The van der Waals surface area contributed by atoms with Crippen molar-refractivity contribution in [3.8, 4) is 11.5 Å². The van der Waals surface area contributed by atoms with E-state index >= 15 is 0 Å². The molecule has 39 heavy (non-hydrogen) atoms. The molecule has 194 valence electrons. The molecule has 10 nitrogen and oxygen atoms in total. The molecule has 0 spiro atoms. The second kappa shape index (κ2) is 8.26. The van der Waals surface area contributed by atoms with Crippen LogP contribution in [0.2, 0.25) is 0 Å². The van der Waals surface area contributed by atoms with Crippen molar-refractivity contribution in [3.63, 3.8) is 0 Å². The molecule has 2 saturated heterocycles. The monoisotopic (exact) mass is 523 g/mol. The Morgan fingerprint density at radius 1 is 0.974 bits per heavy atom. The van der Waals surface area contributed by atoms with Gasteiger partial charge in [0.05, 0.1) is 28.5 Å². The zero-order valence-corrected chi connectivity index (χ0v) is 20.6. The third-order valence-corrected chi connectivity index (χ3v) is 8.02. The number of ketones is 1. The third-order valence-electron chi connectivity index (χ3n) is 8.02. The van der Waals surface area contributed by atoms with Gasteiger partial charge < -0.3 is 14.4 Å². The van der Waals surface area contributed by atoms with E-state index in [-0.39, 0.29) is 24.0 Å². The summed E-state index contributed by atoms with van der Waals surface area (Å²) in [6.07, 6.45) is 3.68. The molecule has 4 aliphatic heterocycles. The van der Waals surface area contributed by atoms with Crippen molar-refractivity contribution in [2.24, 2.45) is 11.8 Å². The van der Waals surface area contributed by atoms with Gasteiger partial charge >= 0.3 is 0 Å². The zero-order valence-electron chi connectivity index (χ0n) is 20.6. The number of Topliss-reactive ketones (excluding diaryl/α,β-unsaturated/α-hetero) is 1. The first-order chi connectivity index (χ1) is 18.8. The van der Waals surface area contributed by atoms with Crippen LogP contribution in [0.5, 0.6) is 11.5 Å². The van der Waals surface area contributed by atoms with Gasteiger partial charge in [-0.1, -0.05) is 24.3 Å². The smallest absolute Gasteiger partial charge is 0.269 e. The quantitative estimate of drug-likeness (QED) is 0.218. The number of benzene rings is 3. The lowest BCUT2D eigenvalue weighted by atomic mass is 9.83. The number of ether oxygens (including phenoxy) is 2. The molecule has 3 aromatic carbocycles. The number of nitrogens with zero attached hydrogens (tertiary/aromatic N) is 3. The van der Waals surface area contributed by atoms with E-state index in [0.717, 1.165) is 16.0 Å². The lowest BCUT2D eigenvalue weighted by Gasteiger charge is -2.35. The summed E-state index contributed by atoms with van der Waals surface area (Å²) in [6, 6.07) is 15.1. The predicted octanol–water partition coefficient (Wildman–Crippen LogP) is 4.03. The predicted molar refractivity (Wildman–Crippen MR) is 138 cm³/mol. The fourth-order valence-electron chi connectivity index (χ4n) is 6.32. The van der Waals surface area contributed by atoms with Crippen molar-refractivity contribution in [1.82, 2.24) is 4.90 Å². The number of carbonyl (C=O) groups excluding carboxylic acids is 3. The van der Waals surface area contributed by atoms with Crippen molar-refractivity contribution in [2.45, 2.75) is 19.0 Å². The number of nitro groups is 1. The fraction of sp³-hybridized carbons (Fsp3) is 0.207. The molecule has 0 aromatic heterocycles. The van der Waals surface area contributed by atoms with E-state index in [1.807, 2.05) is 35.2 Å². The summed E-state index contributed by atoms with van der Waals surface area (Å²) in [4.78, 5) is 55.9. The average molecular weight is 524 g/mol. The second-order valence-corrected chi connectivity index (χ2v) is 10.0. The highest BCUT2D eigenvalue weighted by atomic mass is 16.7. The van der Waals surface area contributed by atoms with Gasteiger partial charge in [0, 0.05) is 23.9 Å². The molecule has 4 atom stereocenters. The van der Waals surface area contributed by atoms with Crippen LogP contribution in [-0.4, -0.2) is 40.3 Å². The molecule has 7 rings (SSSR count). The van der Waals surface area contributed by atoms with Gasteiger partial charge in [-0.2, -0.15) is 0 Å². The van der Waals surface area contributed by atoms with Gasteiger partial charge in [0.25, 0.3) is 5.69 Å². The van der Waals surface area contributed by atoms with Crippen LogP contribution in [0.15, 0.2) is 66.9 Å². The van der Waals surface area contributed by atoms with Crippen LogP contribution in [0.25, 0.3) is 6.08 Å². The van der Waals surface area contributed by atoms with Crippen LogP contribution in [0.3, 0.4) is 0 Å². The number of hydrogen-bond donors (Lipinski definition) is 0. The highest BCUT2D eigenvalue weighted by Crippen LogP contribution is 2.54. The molecule has 0 aliphatic carbocycles. The number of anilines is 1. The summed E-state index contributed by atoms with van der Waals surface area (Å²) < 4.78 is 10.8. The Labute approximate surface area is 222 Å². The molecule has 0 N–H and O–H groups in total. The Morgan fingerprint density at radius 2 is 1.74 bits per heavy atom. The van der Waals surface area contributed by atoms with Crippen LogP contribution < -0.4 is 14.4 Å². The second-order valence-electron chi connectivity index (χ2n) is 10.0. The number of fused-ring (bicyclic) bond motifs is 6. The van der Waals surface area contributed by atoms with Crippen molar-refractivity contribution < 1.29 is 28.8 Å². The molecule has 0 bridgehead atoms. The first-order valence-electron chi connectivity index (χ1n) is 12.5. The number of rotatable bonds is 4. The minimum atomic E-state index is -0.953. The van der Waals surface area contributed by atoms with Gasteiger partial charge in [-0.15, -0.1) is 0 Å². The SMILES string of the molecule is Cc1cc([N+](=O)[O-])ccc1N1C(=O)[C@@H]2[C@H](C1=O)[C@@H]1c3ccccc3C=CN1[C@@H]2C(=O)c1ccc2c(c1)OCO2. The maximum Gasteiger partial charge on any atom is 0.269 e. The molecule has 2 fully saturated rings. The zero-order chi connectivity index (χ0) is 27.0. The van der Waals surface area contributed by atoms with Crippen LogP contribution >= 0.6 is 0 Å². The minimum Gasteiger partial charge on any atom is -0.454 e. The number of aryl methyl sites for hydroxylation is 1. The summed E-state index contributed by atoms with van der Waals surface area (Å²) in [5.74, 6) is -2.02. The van der Waals surface area contributed by atoms with Gasteiger partial charge in [0.15, 0.2) is 17.3 Å². The van der Waals surface area contributed by atoms with Crippen molar-refractivity contribution in [1.29, 1.82) is 0 Å². The third kappa shape index (κ3) is 3.24. The van der Waals surface area contributed by atoms with E-state index in [0.29, 0.717) is 22.6 Å². The number of non-ortho nitro benzene ring substituents is 1. The highest BCUT2D eigenvalue weighted by molar-refractivity contribution is 6.25. The molecule has 2 amide bonds. The summed E-state index contributed by atoms with van der Waals surface area (Å²) >= 11 is 0. The Kier molecular flexibility index (Phi) is 4.90. The maximum absolute atomic E-state index is 14.1. The summed E-state index contributed by atoms with van der Waals surface area (Å²) in [7, 11) is 0. The number of amides is 2. The highest BCUT2D eigenvalue weighted by Gasteiger charge is 2.64. The molecular formula is C29H21N3O7. The van der Waals surface area contributed by atoms with Crippen molar-refractivity contribution >= 4 is 35.0 Å². The summed E-state index contributed by atoms with van der Waals surface area (Å²) in [6.45, 7) is 1.68. The minimum absolute atomic E-state index is 0.0609. The van der Waals surface area contributed by atoms with Gasteiger partial charge in [-0.3, -0.25) is 24.5 Å². The van der Waals surface area contributed by atoms with Gasteiger partial charge in [-0.05, 0) is 54.0 Å². The first kappa shape index (κ1) is 23.2. The van der Waals surface area contributed by atoms with Crippen LogP contribution in [0.1, 0.15) is 33.1 Å². The molecule has 10 heteroatoms. The lowest BCUT2D eigenvalue weighted by molar-refractivity contribution is -0.384. The van der Waals surface area contributed by atoms with Gasteiger partial charge in [0.1, 0.15) is 6.04 Å². The number of hydrogen-bond acceptors (Lipinski definition) is 8. The van der Waals surface area contributed by atoms with E-state index < -0.39 is 40.7 Å². The largest absolute Gasteiger partial charge is 0.454 e. The Hall–Kier alpha value is -4.99. The first-order valence-corrected chi connectivity index (χ1v) is 12.5. The molecule has 4 heterocycles. The fourth-order valence-corrected chi connectivity index (χ4v) is 6.32. The standard InChI is InChI=1S/C29H21N3O7/c1-15-12-18(32(36)37)7-8-20(15)31-28(34)23-24(29(31)35)26(27(33)17-6-9-21-22(13-17)39-14-38-21)30-11-10-16-4-2-3-5-19(16)25(23)30/h2-13,23-26H,14H2,1H3/t23-,24+,25-,26-/m0/s1. The van der Waals surface area contributed by atoms with E-state index in [4.69, 9.17) is 9.47 Å². The summed E-state index contributed by atoms with van der Waals surface area (Å²) in [5, 5.41) is 11.3. The Bertz CT molecular complexity index is 1650. The van der Waals surface area contributed by atoms with E-state index in [1.54, 1.807) is 31.3 Å². The van der Waals surface area contributed by atoms with Crippen molar-refractivity contribution in [2.75, 3.05) is 11.7 Å². The van der Waals surface area contributed by atoms with E-state index in [2.05, 4.69) is 0 Å². The molecule has 0 radical (unpaired) electrons. The number of imide groups is 1. The van der Waals surface area contributed by atoms with Gasteiger partial charge in [0.2, 0.25) is 18.6 Å². The summed E-state index contributed by atoms with van der Waals surface area (Å²) in [5.41, 5.74) is 2.69. The lowest BCUT2D eigenvalue weighted by Crippen LogP contribution is -2.44. The van der Waals surface area contributed by atoms with Crippen LogP contribution in [0, 0.1) is 28.9 Å². The normalized spacial score (nSPS) is 24.0. The molecule has 3 aromatic rings. The number of carbonyl (C=O) groups is 3. The maximum atomic E-state index is 14.1. The molecule has 0 saturated carbocycles. The molecular weight excluding hydrogens is 502 g/mol.